The maximum Gasteiger partial charge on any atom is 0.157 e. The van der Waals surface area contributed by atoms with E-state index >= 15 is 0 Å². The van der Waals surface area contributed by atoms with Gasteiger partial charge in [0.15, 0.2) is 5.17 Å². The Kier molecular flexibility index (Phi) is 3.86. The van der Waals surface area contributed by atoms with Gasteiger partial charge in [-0.05, 0) is 12.0 Å². The van der Waals surface area contributed by atoms with E-state index in [0.717, 1.165) is 37.1 Å². The molecular weight excluding hydrogens is 244 g/mol. The van der Waals surface area contributed by atoms with Gasteiger partial charge in [-0.3, -0.25) is 4.99 Å². The fraction of sp³-hybridized carbons (Fsp3) is 0.500. The van der Waals surface area contributed by atoms with Crippen LogP contribution >= 0.6 is 11.8 Å². The molecule has 2 atom stereocenters. The highest BCUT2D eigenvalue weighted by Gasteiger charge is 2.22. The topological polar surface area (TPSA) is 33.6 Å². The number of nitrogens with zero attached hydrogens (tertiary/aromatic N) is 1. The number of amidine groups is 1. The molecule has 2 saturated heterocycles. The second-order valence-electron chi connectivity index (χ2n) is 4.79. The molecule has 0 aliphatic carbocycles. The van der Waals surface area contributed by atoms with Crippen molar-refractivity contribution in [2.24, 2.45) is 10.9 Å². The first kappa shape index (κ1) is 12.1. The zero-order valence-electron chi connectivity index (χ0n) is 10.3. The number of hydrogen-bond donors (Lipinski definition) is 1. The SMILES string of the molecule is c1ccc(C2CSC(=NCC3CCOC3)N2)cc1. The molecule has 2 heterocycles. The Morgan fingerprint density at radius 2 is 2.22 bits per heavy atom. The van der Waals surface area contributed by atoms with Crippen LogP contribution in [0.5, 0.6) is 0 Å². The van der Waals surface area contributed by atoms with E-state index in [4.69, 9.17) is 4.74 Å². The predicted octanol–water partition coefficient (Wildman–Crippen LogP) is 2.46. The van der Waals surface area contributed by atoms with Crippen LogP contribution < -0.4 is 5.32 Å². The molecule has 3 rings (SSSR count). The third-order valence-corrected chi connectivity index (χ3v) is 4.42. The summed E-state index contributed by atoms with van der Waals surface area (Å²) in [6, 6.07) is 11.0. The lowest BCUT2D eigenvalue weighted by molar-refractivity contribution is 0.187. The lowest BCUT2D eigenvalue weighted by Crippen LogP contribution is -2.20. The Labute approximate surface area is 112 Å². The van der Waals surface area contributed by atoms with Crippen LogP contribution in [0.15, 0.2) is 35.3 Å². The molecule has 1 aromatic rings. The summed E-state index contributed by atoms with van der Waals surface area (Å²) in [4.78, 5) is 4.67. The van der Waals surface area contributed by atoms with E-state index in [-0.39, 0.29) is 0 Å². The highest BCUT2D eigenvalue weighted by molar-refractivity contribution is 8.14. The van der Waals surface area contributed by atoms with Crippen LogP contribution in [0.2, 0.25) is 0 Å². The van der Waals surface area contributed by atoms with Gasteiger partial charge in [-0.1, -0.05) is 42.1 Å². The average Bonchev–Trinajstić information content (AvgIpc) is 3.09. The van der Waals surface area contributed by atoms with Crippen molar-refractivity contribution in [3.8, 4) is 0 Å². The zero-order chi connectivity index (χ0) is 12.2. The number of nitrogens with one attached hydrogen (secondary N) is 1. The summed E-state index contributed by atoms with van der Waals surface area (Å²) < 4.78 is 5.37. The molecule has 1 N–H and O–H groups in total. The standard InChI is InChI=1S/C14H18N2OS/c1-2-4-12(5-3-1)13-10-18-14(16-13)15-8-11-6-7-17-9-11/h1-5,11,13H,6-10H2,(H,15,16). The lowest BCUT2D eigenvalue weighted by atomic mass is 10.1. The average molecular weight is 262 g/mol. The number of hydrogen-bond acceptors (Lipinski definition) is 3. The van der Waals surface area contributed by atoms with Gasteiger partial charge in [0.25, 0.3) is 0 Å². The van der Waals surface area contributed by atoms with E-state index in [1.54, 1.807) is 0 Å². The number of benzene rings is 1. The molecule has 0 bridgehead atoms. The molecule has 4 heteroatoms. The summed E-state index contributed by atoms with van der Waals surface area (Å²) in [7, 11) is 0. The number of aliphatic imine (C=N–C) groups is 1. The van der Waals surface area contributed by atoms with Gasteiger partial charge in [0.05, 0.1) is 12.6 Å². The van der Waals surface area contributed by atoms with Crippen LogP contribution in [0, 0.1) is 5.92 Å². The normalized spacial score (nSPS) is 29.7. The predicted molar refractivity (Wildman–Crippen MR) is 76.0 cm³/mol. The smallest absolute Gasteiger partial charge is 0.157 e. The van der Waals surface area contributed by atoms with Crippen molar-refractivity contribution in [1.29, 1.82) is 0 Å². The molecule has 1 aromatic carbocycles. The second kappa shape index (κ2) is 5.76. The molecule has 2 aliphatic heterocycles. The second-order valence-corrected chi connectivity index (χ2v) is 5.80. The van der Waals surface area contributed by atoms with E-state index in [1.807, 2.05) is 11.8 Å². The first-order chi connectivity index (χ1) is 8.92. The third-order valence-electron chi connectivity index (χ3n) is 3.40. The fourth-order valence-electron chi connectivity index (χ4n) is 2.29. The zero-order valence-corrected chi connectivity index (χ0v) is 11.2. The summed E-state index contributed by atoms with van der Waals surface area (Å²) in [5.74, 6) is 1.69. The summed E-state index contributed by atoms with van der Waals surface area (Å²) in [6.45, 7) is 2.68. The van der Waals surface area contributed by atoms with Gasteiger partial charge in [0.2, 0.25) is 0 Å². The van der Waals surface area contributed by atoms with E-state index in [2.05, 4.69) is 40.6 Å². The molecule has 0 saturated carbocycles. The van der Waals surface area contributed by atoms with E-state index in [0.29, 0.717) is 12.0 Å². The van der Waals surface area contributed by atoms with Crippen LogP contribution in [-0.4, -0.2) is 30.7 Å². The van der Waals surface area contributed by atoms with Crippen LogP contribution in [0.25, 0.3) is 0 Å². The summed E-state index contributed by atoms with van der Waals surface area (Å²) >= 11 is 1.83. The number of ether oxygens (including phenoxy) is 1. The van der Waals surface area contributed by atoms with Crippen molar-refractivity contribution in [3.05, 3.63) is 35.9 Å². The van der Waals surface area contributed by atoms with Crippen molar-refractivity contribution in [2.45, 2.75) is 12.5 Å². The maximum absolute atomic E-state index is 5.37. The van der Waals surface area contributed by atoms with Gasteiger partial charge in [-0.25, -0.2) is 0 Å². The minimum atomic E-state index is 0.412. The molecule has 0 radical (unpaired) electrons. The third kappa shape index (κ3) is 2.87. The van der Waals surface area contributed by atoms with Crippen LogP contribution in [-0.2, 0) is 4.74 Å². The molecule has 0 aromatic heterocycles. The molecule has 2 fully saturated rings. The van der Waals surface area contributed by atoms with E-state index < -0.39 is 0 Å². The van der Waals surface area contributed by atoms with Gasteiger partial charge in [-0.2, -0.15) is 0 Å². The van der Waals surface area contributed by atoms with Crippen molar-refractivity contribution in [2.75, 3.05) is 25.5 Å². The van der Waals surface area contributed by atoms with E-state index in [1.165, 1.54) is 5.56 Å². The summed E-state index contributed by atoms with van der Waals surface area (Å²) in [6.07, 6.45) is 1.16. The molecule has 3 nitrogen and oxygen atoms in total. The first-order valence-electron chi connectivity index (χ1n) is 6.48. The van der Waals surface area contributed by atoms with Gasteiger partial charge in [0.1, 0.15) is 0 Å². The van der Waals surface area contributed by atoms with Crippen molar-refractivity contribution in [3.63, 3.8) is 0 Å². The maximum atomic E-state index is 5.37. The van der Waals surface area contributed by atoms with Gasteiger partial charge < -0.3 is 10.1 Å². The fourth-order valence-corrected chi connectivity index (χ4v) is 3.28. The highest BCUT2D eigenvalue weighted by atomic mass is 32.2. The molecular formula is C14H18N2OS. The minimum Gasteiger partial charge on any atom is -0.381 e. The van der Waals surface area contributed by atoms with Crippen LogP contribution in [0.1, 0.15) is 18.0 Å². The van der Waals surface area contributed by atoms with Gasteiger partial charge in [0, 0.05) is 24.8 Å². The van der Waals surface area contributed by atoms with Crippen molar-refractivity contribution in [1.82, 2.24) is 5.32 Å². The summed E-state index contributed by atoms with van der Waals surface area (Å²) in [5, 5.41) is 4.60. The molecule has 2 aliphatic rings. The van der Waals surface area contributed by atoms with Gasteiger partial charge >= 0.3 is 0 Å². The first-order valence-corrected chi connectivity index (χ1v) is 7.47. The number of rotatable bonds is 3. The summed E-state index contributed by atoms with van der Waals surface area (Å²) in [5.41, 5.74) is 1.35. The Morgan fingerprint density at radius 3 is 3.00 bits per heavy atom. The van der Waals surface area contributed by atoms with Crippen LogP contribution in [0.3, 0.4) is 0 Å². The Bertz CT molecular complexity index is 415. The molecule has 2 unspecified atom stereocenters. The quantitative estimate of drug-likeness (QED) is 0.908. The lowest BCUT2D eigenvalue weighted by Gasteiger charge is -2.10. The number of thioether (sulfide) groups is 1. The Balaban J connectivity index is 1.56. The molecule has 0 amide bonds. The monoisotopic (exact) mass is 262 g/mol. The highest BCUT2D eigenvalue weighted by Crippen LogP contribution is 2.26. The minimum absolute atomic E-state index is 0.412. The van der Waals surface area contributed by atoms with Crippen molar-refractivity contribution < 1.29 is 4.74 Å². The van der Waals surface area contributed by atoms with Crippen molar-refractivity contribution >= 4 is 16.9 Å². The van der Waals surface area contributed by atoms with E-state index in [9.17, 15) is 0 Å². The Hall–Kier alpha value is -1.00. The largest absolute Gasteiger partial charge is 0.381 e. The van der Waals surface area contributed by atoms with Crippen LogP contribution in [0.4, 0.5) is 0 Å². The molecule has 0 spiro atoms. The molecule has 18 heavy (non-hydrogen) atoms. The van der Waals surface area contributed by atoms with Gasteiger partial charge in [-0.15, -0.1) is 0 Å². The molecule has 96 valence electrons. The Morgan fingerprint density at radius 1 is 1.33 bits per heavy atom.